The summed E-state index contributed by atoms with van der Waals surface area (Å²) in [6, 6.07) is 12.4. The van der Waals surface area contributed by atoms with E-state index in [1.807, 2.05) is 19.1 Å². The van der Waals surface area contributed by atoms with E-state index in [2.05, 4.69) is 10.6 Å². The molecule has 2 amide bonds. The Kier molecular flexibility index (Phi) is 7.05. The zero-order valence-electron chi connectivity index (χ0n) is 15.1. The molecule has 0 aliphatic heterocycles. The standard InChI is InChI=1S/C20H21FN2O4/c1-3-14-7-9-17(10-8-14)23-19(25)13(2)27-18(24)12-22-20(26)15-5-4-6-16(21)11-15/h4-11,13H,3,12H2,1-2H3,(H,22,26)(H,23,25). The van der Waals surface area contributed by atoms with Gasteiger partial charge in [0.1, 0.15) is 12.4 Å². The van der Waals surface area contributed by atoms with Gasteiger partial charge in [-0.2, -0.15) is 0 Å². The topological polar surface area (TPSA) is 84.5 Å². The summed E-state index contributed by atoms with van der Waals surface area (Å²) in [6.45, 7) is 3.03. The maximum Gasteiger partial charge on any atom is 0.326 e. The van der Waals surface area contributed by atoms with Gasteiger partial charge in [0.25, 0.3) is 11.8 Å². The van der Waals surface area contributed by atoms with Gasteiger partial charge in [-0.1, -0.05) is 25.1 Å². The summed E-state index contributed by atoms with van der Waals surface area (Å²) in [5.41, 5.74) is 1.82. The van der Waals surface area contributed by atoms with E-state index in [1.165, 1.54) is 25.1 Å². The fourth-order valence-corrected chi connectivity index (χ4v) is 2.24. The first-order valence-electron chi connectivity index (χ1n) is 8.52. The molecule has 0 saturated heterocycles. The van der Waals surface area contributed by atoms with Gasteiger partial charge in [0.15, 0.2) is 6.10 Å². The molecule has 0 aromatic heterocycles. The SMILES string of the molecule is CCc1ccc(NC(=O)C(C)OC(=O)CNC(=O)c2cccc(F)c2)cc1. The molecule has 27 heavy (non-hydrogen) atoms. The molecular formula is C20H21FN2O4. The first-order chi connectivity index (χ1) is 12.9. The number of amides is 2. The number of aryl methyl sites for hydroxylation is 1. The summed E-state index contributed by atoms with van der Waals surface area (Å²) in [4.78, 5) is 35.7. The Hall–Kier alpha value is -3.22. The Bertz CT molecular complexity index is 821. The van der Waals surface area contributed by atoms with Gasteiger partial charge >= 0.3 is 5.97 Å². The van der Waals surface area contributed by atoms with Crippen LogP contribution in [0, 0.1) is 5.82 Å². The molecule has 0 saturated carbocycles. The second-order valence-electron chi connectivity index (χ2n) is 5.86. The van der Waals surface area contributed by atoms with Crippen LogP contribution in [0.5, 0.6) is 0 Å². The van der Waals surface area contributed by atoms with E-state index in [-0.39, 0.29) is 5.56 Å². The van der Waals surface area contributed by atoms with Crippen molar-refractivity contribution in [2.45, 2.75) is 26.4 Å². The molecule has 142 valence electrons. The molecular weight excluding hydrogens is 351 g/mol. The van der Waals surface area contributed by atoms with Crippen LogP contribution in [0.25, 0.3) is 0 Å². The highest BCUT2D eigenvalue weighted by Gasteiger charge is 2.18. The highest BCUT2D eigenvalue weighted by Crippen LogP contribution is 2.11. The minimum Gasteiger partial charge on any atom is -0.451 e. The third kappa shape index (κ3) is 6.22. The average molecular weight is 372 g/mol. The van der Waals surface area contributed by atoms with Crippen LogP contribution < -0.4 is 10.6 Å². The highest BCUT2D eigenvalue weighted by atomic mass is 19.1. The molecule has 0 aliphatic rings. The van der Waals surface area contributed by atoms with Gasteiger partial charge < -0.3 is 15.4 Å². The minimum atomic E-state index is -1.03. The van der Waals surface area contributed by atoms with E-state index >= 15 is 0 Å². The van der Waals surface area contributed by atoms with Crippen LogP contribution in [0.4, 0.5) is 10.1 Å². The second kappa shape index (κ2) is 9.47. The number of carbonyl (C=O) groups is 3. The number of nitrogens with one attached hydrogen (secondary N) is 2. The number of hydrogen-bond donors (Lipinski definition) is 2. The largest absolute Gasteiger partial charge is 0.451 e. The van der Waals surface area contributed by atoms with Crippen molar-refractivity contribution in [3.05, 3.63) is 65.5 Å². The minimum absolute atomic E-state index is 0.0871. The van der Waals surface area contributed by atoms with Crippen LogP contribution in [0.2, 0.25) is 0 Å². The third-order valence-electron chi connectivity index (χ3n) is 3.79. The van der Waals surface area contributed by atoms with Gasteiger partial charge in [-0.15, -0.1) is 0 Å². The molecule has 0 spiro atoms. The smallest absolute Gasteiger partial charge is 0.326 e. The monoisotopic (exact) mass is 372 g/mol. The number of carbonyl (C=O) groups excluding carboxylic acids is 3. The third-order valence-corrected chi connectivity index (χ3v) is 3.79. The lowest BCUT2D eigenvalue weighted by Gasteiger charge is -2.14. The second-order valence-corrected chi connectivity index (χ2v) is 5.86. The lowest BCUT2D eigenvalue weighted by Crippen LogP contribution is -2.35. The maximum absolute atomic E-state index is 13.1. The normalized spacial score (nSPS) is 11.4. The van der Waals surface area contributed by atoms with Crippen molar-refractivity contribution in [2.24, 2.45) is 0 Å². The van der Waals surface area contributed by atoms with Gasteiger partial charge in [0.2, 0.25) is 0 Å². The molecule has 7 heteroatoms. The fraction of sp³-hybridized carbons (Fsp3) is 0.250. The lowest BCUT2D eigenvalue weighted by atomic mass is 10.1. The summed E-state index contributed by atoms with van der Waals surface area (Å²) >= 11 is 0. The van der Waals surface area contributed by atoms with E-state index < -0.39 is 36.2 Å². The molecule has 0 aliphatic carbocycles. The summed E-state index contributed by atoms with van der Waals surface area (Å²) in [7, 11) is 0. The van der Waals surface area contributed by atoms with E-state index in [0.717, 1.165) is 18.1 Å². The number of hydrogen-bond acceptors (Lipinski definition) is 4. The number of benzene rings is 2. The van der Waals surface area contributed by atoms with Crippen molar-refractivity contribution in [3.8, 4) is 0 Å². The number of halogens is 1. The molecule has 2 aromatic rings. The van der Waals surface area contributed by atoms with Gasteiger partial charge in [-0.3, -0.25) is 14.4 Å². The average Bonchev–Trinajstić information content (AvgIpc) is 2.66. The fourth-order valence-electron chi connectivity index (χ4n) is 2.24. The Morgan fingerprint density at radius 3 is 2.44 bits per heavy atom. The van der Waals surface area contributed by atoms with Crippen LogP contribution in [0.1, 0.15) is 29.8 Å². The molecule has 1 unspecified atom stereocenters. The van der Waals surface area contributed by atoms with Crippen LogP contribution >= 0.6 is 0 Å². The molecule has 0 bridgehead atoms. The molecule has 2 aromatic carbocycles. The predicted octanol–water partition coefficient (Wildman–Crippen LogP) is 2.69. The van der Waals surface area contributed by atoms with Crippen LogP contribution in [0.15, 0.2) is 48.5 Å². The van der Waals surface area contributed by atoms with Crippen molar-refractivity contribution in [2.75, 3.05) is 11.9 Å². The van der Waals surface area contributed by atoms with Crippen molar-refractivity contribution >= 4 is 23.5 Å². The first-order valence-corrected chi connectivity index (χ1v) is 8.52. The predicted molar refractivity (Wildman–Crippen MR) is 98.7 cm³/mol. The van der Waals surface area contributed by atoms with E-state index in [9.17, 15) is 18.8 Å². The van der Waals surface area contributed by atoms with Crippen LogP contribution in [-0.2, 0) is 20.7 Å². The van der Waals surface area contributed by atoms with Gasteiger partial charge in [-0.25, -0.2) is 4.39 Å². The number of anilines is 1. The summed E-state index contributed by atoms with van der Waals surface area (Å²) in [6.07, 6.45) is -0.140. The zero-order valence-corrected chi connectivity index (χ0v) is 15.1. The van der Waals surface area contributed by atoms with Crippen molar-refractivity contribution in [1.82, 2.24) is 5.32 Å². The quantitative estimate of drug-likeness (QED) is 0.732. The Morgan fingerprint density at radius 2 is 1.81 bits per heavy atom. The van der Waals surface area contributed by atoms with Crippen LogP contribution in [0.3, 0.4) is 0 Å². The Balaban J connectivity index is 1.80. The van der Waals surface area contributed by atoms with Crippen LogP contribution in [-0.4, -0.2) is 30.4 Å². The van der Waals surface area contributed by atoms with Gasteiger partial charge in [0, 0.05) is 11.3 Å². The number of esters is 1. The molecule has 0 radical (unpaired) electrons. The Morgan fingerprint density at radius 1 is 1.11 bits per heavy atom. The maximum atomic E-state index is 13.1. The summed E-state index contributed by atoms with van der Waals surface area (Å²) < 4.78 is 18.1. The van der Waals surface area contributed by atoms with E-state index in [0.29, 0.717) is 5.69 Å². The molecule has 0 fully saturated rings. The van der Waals surface area contributed by atoms with Crippen molar-refractivity contribution in [3.63, 3.8) is 0 Å². The summed E-state index contributed by atoms with van der Waals surface area (Å²) in [5.74, 6) is -2.42. The molecule has 6 nitrogen and oxygen atoms in total. The number of rotatable bonds is 7. The van der Waals surface area contributed by atoms with E-state index in [4.69, 9.17) is 4.74 Å². The lowest BCUT2D eigenvalue weighted by molar-refractivity contribution is -0.152. The molecule has 1 atom stereocenters. The van der Waals surface area contributed by atoms with Crippen molar-refractivity contribution in [1.29, 1.82) is 0 Å². The first kappa shape index (κ1) is 20.1. The Labute approximate surface area is 156 Å². The molecule has 0 heterocycles. The van der Waals surface area contributed by atoms with E-state index in [1.54, 1.807) is 12.1 Å². The number of ether oxygens (including phenoxy) is 1. The summed E-state index contributed by atoms with van der Waals surface area (Å²) in [5, 5.41) is 4.97. The molecule has 2 N–H and O–H groups in total. The highest BCUT2D eigenvalue weighted by molar-refractivity contribution is 5.97. The van der Waals surface area contributed by atoms with Gasteiger partial charge in [-0.05, 0) is 49.2 Å². The molecule has 2 rings (SSSR count). The zero-order chi connectivity index (χ0) is 19.8. The van der Waals surface area contributed by atoms with Gasteiger partial charge in [0.05, 0.1) is 0 Å². The van der Waals surface area contributed by atoms with Crippen molar-refractivity contribution < 1.29 is 23.5 Å².